The molecule has 0 saturated carbocycles. The van der Waals surface area contributed by atoms with Crippen LogP contribution in [-0.4, -0.2) is 60.8 Å². The molecule has 2 unspecified atom stereocenters. The smallest absolute Gasteiger partial charge is 0.337 e. The Morgan fingerprint density at radius 1 is 1.13 bits per heavy atom. The molecule has 0 fully saturated rings. The van der Waals surface area contributed by atoms with E-state index in [9.17, 15) is 19.8 Å². The molecule has 0 bridgehead atoms. The van der Waals surface area contributed by atoms with Gasteiger partial charge in [-0.1, -0.05) is 25.5 Å². The molecule has 0 radical (unpaired) electrons. The van der Waals surface area contributed by atoms with Crippen LogP contribution in [0.2, 0.25) is 0 Å². The van der Waals surface area contributed by atoms with Crippen molar-refractivity contribution in [2.75, 3.05) is 27.4 Å². The number of benzene rings is 1. The molecule has 1 aromatic carbocycles. The molecule has 8 nitrogen and oxygen atoms in total. The number of hydrogen-bond donors (Lipinski definition) is 3. The van der Waals surface area contributed by atoms with E-state index in [1.165, 1.54) is 14.2 Å². The minimum Gasteiger partial charge on any atom is -0.496 e. The van der Waals surface area contributed by atoms with Gasteiger partial charge in [0.05, 0.1) is 37.9 Å². The molecule has 0 aliphatic carbocycles. The van der Waals surface area contributed by atoms with E-state index in [1.807, 2.05) is 6.92 Å². The van der Waals surface area contributed by atoms with Gasteiger partial charge in [-0.25, -0.2) is 4.79 Å². The molecule has 1 rings (SSSR count). The van der Waals surface area contributed by atoms with Gasteiger partial charge in [0.25, 0.3) is 0 Å². The molecule has 1 aromatic rings. The second kappa shape index (κ2) is 13.6. The molecule has 0 aromatic heterocycles. The highest BCUT2D eigenvalue weighted by Crippen LogP contribution is 2.31. The van der Waals surface area contributed by atoms with Gasteiger partial charge in [0.2, 0.25) is 0 Å². The Bertz CT molecular complexity index is 713. The lowest BCUT2D eigenvalue weighted by Gasteiger charge is -2.17. The molecule has 0 aliphatic heterocycles. The summed E-state index contributed by atoms with van der Waals surface area (Å²) in [6, 6.07) is 7.08. The first-order valence-electron chi connectivity index (χ1n) is 9.98. The number of carboxylic acids is 1. The summed E-state index contributed by atoms with van der Waals surface area (Å²) < 4.78 is 16.0. The summed E-state index contributed by atoms with van der Waals surface area (Å²) in [6.07, 6.45) is 1.35. The fraction of sp³-hybridized carbons (Fsp3) is 0.545. The highest BCUT2D eigenvalue weighted by Gasteiger charge is 2.23. The summed E-state index contributed by atoms with van der Waals surface area (Å²) in [5.74, 6) is -1.10. The Morgan fingerprint density at radius 3 is 2.40 bits per heavy atom. The number of esters is 1. The zero-order chi connectivity index (χ0) is 22.5. The monoisotopic (exact) mass is 424 g/mol. The van der Waals surface area contributed by atoms with Gasteiger partial charge in [-0.05, 0) is 37.8 Å². The largest absolute Gasteiger partial charge is 0.496 e. The van der Waals surface area contributed by atoms with Gasteiger partial charge in [-0.3, -0.25) is 4.79 Å². The van der Waals surface area contributed by atoms with Crippen LogP contribution < -0.4 is 4.74 Å². The number of para-hydroxylation sites is 1. The second-order valence-electron chi connectivity index (χ2n) is 6.84. The predicted molar refractivity (Wildman–Crippen MR) is 111 cm³/mol. The van der Waals surface area contributed by atoms with E-state index in [1.54, 1.807) is 24.3 Å². The predicted octanol–water partition coefficient (Wildman–Crippen LogP) is 2.62. The number of carbonyl (C=O) groups excluding carboxylic acids is 1. The average Bonchev–Trinajstić information content (AvgIpc) is 2.76. The van der Waals surface area contributed by atoms with E-state index in [0.29, 0.717) is 49.2 Å². The Hall–Kier alpha value is -2.58. The van der Waals surface area contributed by atoms with Gasteiger partial charge < -0.3 is 29.5 Å². The maximum atomic E-state index is 12.7. The van der Waals surface area contributed by atoms with Crippen LogP contribution in [0.5, 0.6) is 5.75 Å². The van der Waals surface area contributed by atoms with Crippen LogP contribution in [0.25, 0.3) is 5.76 Å². The number of carboxylic acid groups (broad SMARTS) is 1. The van der Waals surface area contributed by atoms with Crippen molar-refractivity contribution in [3.05, 3.63) is 35.4 Å². The molecule has 0 aliphatic rings. The van der Waals surface area contributed by atoms with E-state index in [4.69, 9.17) is 19.3 Å². The van der Waals surface area contributed by atoms with Gasteiger partial charge in [-0.15, -0.1) is 0 Å². The van der Waals surface area contributed by atoms with E-state index < -0.39 is 30.6 Å². The van der Waals surface area contributed by atoms with Crippen molar-refractivity contribution >= 4 is 17.7 Å². The quantitative estimate of drug-likeness (QED) is 0.180. The number of hydrogen-bond acceptors (Lipinski definition) is 7. The molecular formula is C22H32O8. The maximum absolute atomic E-state index is 12.7. The first-order chi connectivity index (χ1) is 14.4. The number of aliphatic hydroxyl groups excluding tert-OH is 2. The molecule has 2 atom stereocenters. The van der Waals surface area contributed by atoms with Crippen LogP contribution in [0.4, 0.5) is 0 Å². The van der Waals surface area contributed by atoms with Gasteiger partial charge in [-0.2, -0.15) is 0 Å². The van der Waals surface area contributed by atoms with Crippen LogP contribution in [0.3, 0.4) is 0 Å². The van der Waals surface area contributed by atoms with Crippen LogP contribution in [0, 0.1) is 5.92 Å². The number of ether oxygens (including phenoxy) is 3. The third kappa shape index (κ3) is 7.68. The van der Waals surface area contributed by atoms with Crippen molar-refractivity contribution < 1.29 is 39.1 Å². The lowest BCUT2D eigenvalue weighted by molar-refractivity contribution is -0.143. The standard InChI is InChI=1S/C22H32O8/c1-4-15(21(25)26)9-5-6-11-18(22(27)30-14-16(24)13-23)20(29-3)17-10-7-8-12-19(17)28-2/h7-8,10,12,15-16,23-24H,4-6,9,11,13-14H2,1-3H3,(H,25,26). The Balaban J connectivity index is 3.10. The minimum atomic E-state index is -1.17. The number of unbranched alkanes of at least 4 members (excludes halogenated alkanes) is 1. The van der Waals surface area contributed by atoms with Crippen molar-refractivity contribution in [3.8, 4) is 5.75 Å². The SMILES string of the molecule is CCC(CCCCC(C(=O)OCC(O)CO)=C(OC)c1ccccc1OC)C(=O)O. The zero-order valence-electron chi connectivity index (χ0n) is 17.8. The molecular weight excluding hydrogens is 392 g/mol. The highest BCUT2D eigenvalue weighted by atomic mass is 16.5. The summed E-state index contributed by atoms with van der Waals surface area (Å²) in [7, 11) is 2.95. The number of rotatable bonds is 14. The lowest BCUT2D eigenvalue weighted by Crippen LogP contribution is -2.23. The fourth-order valence-corrected chi connectivity index (χ4v) is 3.04. The van der Waals surface area contributed by atoms with Crippen molar-refractivity contribution in [2.24, 2.45) is 5.92 Å². The first kappa shape index (κ1) is 25.5. The van der Waals surface area contributed by atoms with Gasteiger partial charge in [0, 0.05) is 0 Å². The Labute approximate surface area is 177 Å². The van der Waals surface area contributed by atoms with Gasteiger partial charge in [0.1, 0.15) is 24.2 Å². The minimum absolute atomic E-state index is 0.260. The molecule has 3 N–H and O–H groups in total. The summed E-state index contributed by atoms with van der Waals surface area (Å²) in [5.41, 5.74) is 0.838. The maximum Gasteiger partial charge on any atom is 0.337 e. The number of carbonyl (C=O) groups is 2. The van der Waals surface area contributed by atoms with Crippen molar-refractivity contribution in [3.63, 3.8) is 0 Å². The third-order valence-electron chi connectivity index (χ3n) is 4.77. The van der Waals surface area contributed by atoms with Crippen molar-refractivity contribution in [1.82, 2.24) is 0 Å². The molecule has 0 heterocycles. The van der Waals surface area contributed by atoms with E-state index in [2.05, 4.69) is 0 Å². The van der Waals surface area contributed by atoms with Crippen molar-refractivity contribution in [1.29, 1.82) is 0 Å². The molecule has 8 heteroatoms. The molecule has 0 spiro atoms. The summed E-state index contributed by atoms with van der Waals surface area (Å²) in [5, 5.41) is 27.6. The third-order valence-corrected chi connectivity index (χ3v) is 4.77. The number of aliphatic hydroxyl groups is 2. The summed E-state index contributed by atoms with van der Waals surface area (Å²) in [6.45, 7) is 0.959. The molecule has 168 valence electrons. The first-order valence-corrected chi connectivity index (χ1v) is 9.98. The molecule has 0 saturated heterocycles. The fourth-order valence-electron chi connectivity index (χ4n) is 3.04. The highest BCUT2D eigenvalue weighted by molar-refractivity contribution is 5.96. The van der Waals surface area contributed by atoms with Gasteiger partial charge in [0.15, 0.2) is 0 Å². The van der Waals surface area contributed by atoms with Crippen molar-refractivity contribution in [2.45, 2.75) is 45.1 Å². The number of aliphatic carboxylic acids is 1. The zero-order valence-corrected chi connectivity index (χ0v) is 17.8. The number of methoxy groups -OCH3 is 2. The van der Waals surface area contributed by atoms with E-state index in [-0.39, 0.29) is 12.2 Å². The van der Waals surface area contributed by atoms with E-state index >= 15 is 0 Å². The Kier molecular flexibility index (Phi) is 11.5. The van der Waals surface area contributed by atoms with Crippen LogP contribution in [-0.2, 0) is 19.1 Å². The Morgan fingerprint density at radius 2 is 1.83 bits per heavy atom. The molecule has 30 heavy (non-hydrogen) atoms. The average molecular weight is 424 g/mol. The van der Waals surface area contributed by atoms with Gasteiger partial charge >= 0.3 is 11.9 Å². The second-order valence-corrected chi connectivity index (χ2v) is 6.84. The lowest BCUT2D eigenvalue weighted by atomic mass is 9.96. The normalized spacial score (nSPS) is 13.8. The summed E-state index contributed by atoms with van der Waals surface area (Å²) in [4.78, 5) is 23.9. The van der Waals surface area contributed by atoms with Crippen LogP contribution in [0.15, 0.2) is 29.8 Å². The van der Waals surface area contributed by atoms with E-state index in [0.717, 1.165) is 0 Å². The molecule has 0 amide bonds. The van der Waals surface area contributed by atoms with Crippen LogP contribution >= 0.6 is 0 Å². The topological polar surface area (TPSA) is 123 Å². The summed E-state index contributed by atoms with van der Waals surface area (Å²) >= 11 is 0. The van der Waals surface area contributed by atoms with Crippen LogP contribution in [0.1, 0.15) is 44.6 Å².